The van der Waals surface area contributed by atoms with Crippen molar-refractivity contribution in [2.45, 2.75) is 32.4 Å². The van der Waals surface area contributed by atoms with Gasteiger partial charge < -0.3 is 14.8 Å². The molecule has 0 spiro atoms. The lowest BCUT2D eigenvalue weighted by Gasteiger charge is -2.17. The SMILES string of the molecule is COc1cc(C=C(C)C(=O)NCc2ccccc2)ccc1OCc1ccc(C(F)(F)F)cc1C(F)(F)F. The van der Waals surface area contributed by atoms with E-state index in [0.29, 0.717) is 23.7 Å². The number of methoxy groups -OCH3 is 1. The Bertz CT molecular complexity index is 1270. The normalized spacial score (nSPS) is 12.3. The van der Waals surface area contributed by atoms with Gasteiger partial charge in [-0.25, -0.2) is 0 Å². The highest BCUT2D eigenvalue weighted by atomic mass is 19.4. The summed E-state index contributed by atoms with van der Waals surface area (Å²) in [5.41, 5.74) is -1.38. The first-order valence-electron chi connectivity index (χ1n) is 11.0. The van der Waals surface area contributed by atoms with E-state index in [9.17, 15) is 31.1 Å². The largest absolute Gasteiger partial charge is 0.493 e. The van der Waals surface area contributed by atoms with Gasteiger partial charge in [0.25, 0.3) is 0 Å². The standard InChI is InChI=1S/C27H23F6NO3/c1-17(25(35)34-15-18-6-4-3-5-7-18)12-19-8-11-23(24(13-19)36-2)37-16-20-9-10-21(26(28,29)30)14-22(20)27(31,32)33/h3-14H,15-16H2,1-2H3,(H,34,35). The Morgan fingerprint density at radius 3 is 2.22 bits per heavy atom. The second-order valence-electron chi connectivity index (χ2n) is 8.06. The molecule has 1 N–H and O–H groups in total. The van der Waals surface area contributed by atoms with Gasteiger partial charge >= 0.3 is 12.4 Å². The predicted molar refractivity (Wildman–Crippen MR) is 126 cm³/mol. The Labute approximate surface area is 209 Å². The van der Waals surface area contributed by atoms with Crippen LogP contribution in [0.25, 0.3) is 6.08 Å². The molecule has 0 aliphatic rings. The minimum Gasteiger partial charge on any atom is -0.493 e. The van der Waals surface area contributed by atoms with Crippen LogP contribution < -0.4 is 14.8 Å². The van der Waals surface area contributed by atoms with E-state index in [1.54, 1.807) is 19.1 Å². The predicted octanol–water partition coefficient (Wildman–Crippen LogP) is 7.03. The minimum absolute atomic E-state index is 0.0649. The molecule has 0 aliphatic carbocycles. The van der Waals surface area contributed by atoms with Gasteiger partial charge in [0.05, 0.1) is 18.2 Å². The Hall–Kier alpha value is -3.95. The molecule has 0 saturated heterocycles. The summed E-state index contributed by atoms with van der Waals surface area (Å²) < 4.78 is 89.6. The third-order valence-corrected chi connectivity index (χ3v) is 5.35. The van der Waals surface area contributed by atoms with Crippen molar-refractivity contribution in [1.29, 1.82) is 0 Å². The topological polar surface area (TPSA) is 47.6 Å². The summed E-state index contributed by atoms with van der Waals surface area (Å²) in [6.45, 7) is 1.34. The van der Waals surface area contributed by atoms with Crippen LogP contribution in [0.3, 0.4) is 0 Å². The van der Waals surface area contributed by atoms with Crippen LogP contribution in [0, 0.1) is 0 Å². The third-order valence-electron chi connectivity index (χ3n) is 5.35. The smallest absolute Gasteiger partial charge is 0.416 e. The second kappa shape index (κ2) is 11.4. The van der Waals surface area contributed by atoms with Gasteiger partial charge in [0.2, 0.25) is 5.91 Å². The number of hydrogen-bond acceptors (Lipinski definition) is 3. The van der Waals surface area contributed by atoms with Crippen molar-refractivity contribution in [3.05, 3.63) is 100 Å². The highest BCUT2D eigenvalue weighted by Gasteiger charge is 2.38. The van der Waals surface area contributed by atoms with Gasteiger partial charge in [-0.1, -0.05) is 42.5 Å². The van der Waals surface area contributed by atoms with Crippen LogP contribution in [-0.4, -0.2) is 13.0 Å². The zero-order valence-electron chi connectivity index (χ0n) is 19.8. The number of alkyl halides is 6. The van der Waals surface area contributed by atoms with Crippen LogP contribution in [0.1, 0.15) is 34.7 Å². The second-order valence-corrected chi connectivity index (χ2v) is 8.06. The van der Waals surface area contributed by atoms with E-state index in [1.807, 2.05) is 30.3 Å². The van der Waals surface area contributed by atoms with Crippen LogP contribution in [0.4, 0.5) is 26.3 Å². The lowest BCUT2D eigenvalue weighted by Crippen LogP contribution is -2.23. The first-order valence-corrected chi connectivity index (χ1v) is 11.0. The molecule has 10 heteroatoms. The first-order chi connectivity index (χ1) is 17.4. The van der Waals surface area contributed by atoms with Gasteiger partial charge in [0.1, 0.15) is 6.61 Å². The van der Waals surface area contributed by atoms with E-state index in [2.05, 4.69) is 5.32 Å². The molecule has 0 atom stereocenters. The number of benzene rings is 3. The Morgan fingerprint density at radius 2 is 1.59 bits per heavy atom. The molecular weight excluding hydrogens is 500 g/mol. The molecule has 196 valence electrons. The average Bonchev–Trinajstić information content (AvgIpc) is 2.85. The van der Waals surface area contributed by atoms with Gasteiger partial charge in [0.15, 0.2) is 11.5 Å². The molecule has 0 aromatic heterocycles. The van der Waals surface area contributed by atoms with Gasteiger partial charge in [-0.15, -0.1) is 0 Å². The molecule has 0 radical (unpaired) electrons. The molecule has 3 aromatic rings. The Kier molecular flexibility index (Phi) is 8.52. The monoisotopic (exact) mass is 523 g/mol. The molecule has 0 heterocycles. The highest BCUT2D eigenvalue weighted by Crippen LogP contribution is 2.38. The molecule has 0 aliphatic heterocycles. The van der Waals surface area contributed by atoms with E-state index in [1.165, 1.54) is 19.2 Å². The van der Waals surface area contributed by atoms with Gasteiger partial charge in [-0.2, -0.15) is 26.3 Å². The average molecular weight is 523 g/mol. The molecule has 0 saturated carbocycles. The van der Waals surface area contributed by atoms with Crippen molar-refractivity contribution in [2.24, 2.45) is 0 Å². The molecule has 37 heavy (non-hydrogen) atoms. The third kappa shape index (κ3) is 7.52. The number of carbonyl (C=O) groups is 1. The fraction of sp³-hybridized carbons (Fsp3) is 0.222. The lowest BCUT2D eigenvalue weighted by atomic mass is 10.0. The summed E-state index contributed by atoms with van der Waals surface area (Å²) in [4.78, 5) is 12.4. The summed E-state index contributed by atoms with van der Waals surface area (Å²) in [7, 11) is 1.33. The van der Waals surface area contributed by atoms with Crippen molar-refractivity contribution in [3.8, 4) is 11.5 Å². The van der Waals surface area contributed by atoms with Crippen molar-refractivity contribution in [3.63, 3.8) is 0 Å². The van der Waals surface area contributed by atoms with Crippen molar-refractivity contribution in [1.82, 2.24) is 5.32 Å². The van der Waals surface area contributed by atoms with E-state index in [4.69, 9.17) is 9.47 Å². The molecule has 0 bridgehead atoms. The van der Waals surface area contributed by atoms with Crippen LogP contribution in [-0.2, 0) is 30.3 Å². The molecule has 3 aromatic carbocycles. The molecule has 3 rings (SSSR count). The molecular formula is C27H23F6NO3. The van der Waals surface area contributed by atoms with Crippen LogP contribution >= 0.6 is 0 Å². The fourth-order valence-corrected chi connectivity index (χ4v) is 3.42. The maximum Gasteiger partial charge on any atom is 0.416 e. The number of amides is 1. The van der Waals surface area contributed by atoms with Gasteiger partial charge in [-0.05, 0) is 48.4 Å². The number of carbonyl (C=O) groups excluding carboxylic acids is 1. The van der Waals surface area contributed by atoms with Crippen molar-refractivity contribution < 1.29 is 40.6 Å². The van der Waals surface area contributed by atoms with E-state index >= 15 is 0 Å². The number of halogens is 6. The quantitative estimate of drug-likeness (QED) is 0.255. The van der Waals surface area contributed by atoms with E-state index in [0.717, 1.165) is 11.6 Å². The summed E-state index contributed by atoms with van der Waals surface area (Å²) in [5, 5.41) is 2.80. The van der Waals surface area contributed by atoms with Crippen molar-refractivity contribution >= 4 is 12.0 Å². The molecule has 0 fully saturated rings. The van der Waals surface area contributed by atoms with Gasteiger partial charge in [0, 0.05) is 17.7 Å². The number of nitrogens with one attached hydrogen (secondary N) is 1. The maximum atomic E-state index is 13.4. The van der Waals surface area contributed by atoms with Crippen LogP contribution in [0.5, 0.6) is 11.5 Å². The Balaban J connectivity index is 1.74. The highest BCUT2D eigenvalue weighted by molar-refractivity contribution is 5.97. The summed E-state index contributed by atoms with van der Waals surface area (Å²) in [5.74, 6) is -0.0318. The number of hydrogen-bond donors (Lipinski definition) is 1. The molecule has 0 unspecified atom stereocenters. The summed E-state index contributed by atoms with van der Waals surface area (Å²) >= 11 is 0. The maximum absolute atomic E-state index is 13.4. The van der Waals surface area contributed by atoms with Gasteiger partial charge in [-0.3, -0.25) is 4.79 Å². The van der Waals surface area contributed by atoms with Crippen LogP contribution in [0.2, 0.25) is 0 Å². The fourth-order valence-electron chi connectivity index (χ4n) is 3.42. The lowest BCUT2D eigenvalue weighted by molar-refractivity contribution is -0.143. The minimum atomic E-state index is -5.00. The molecule has 4 nitrogen and oxygen atoms in total. The van der Waals surface area contributed by atoms with Crippen molar-refractivity contribution in [2.75, 3.05) is 7.11 Å². The van der Waals surface area contributed by atoms with Crippen LogP contribution in [0.15, 0.2) is 72.3 Å². The summed E-state index contributed by atoms with van der Waals surface area (Å²) in [6, 6.07) is 15.3. The first kappa shape index (κ1) is 27.6. The zero-order valence-corrected chi connectivity index (χ0v) is 19.8. The molecule has 1 amide bonds. The number of rotatable bonds is 8. The Morgan fingerprint density at radius 1 is 0.892 bits per heavy atom. The zero-order chi connectivity index (χ0) is 27.2. The van der Waals surface area contributed by atoms with E-state index < -0.39 is 35.6 Å². The number of ether oxygens (including phenoxy) is 2. The van der Waals surface area contributed by atoms with E-state index in [-0.39, 0.29) is 23.5 Å². The summed E-state index contributed by atoms with van der Waals surface area (Å²) in [6.07, 6.45) is -8.32.